The van der Waals surface area contributed by atoms with Gasteiger partial charge in [0.2, 0.25) is 0 Å². The van der Waals surface area contributed by atoms with Crippen LogP contribution in [0.5, 0.6) is 0 Å². The van der Waals surface area contributed by atoms with Crippen molar-refractivity contribution in [1.29, 1.82) is 0 Å². The molecule has 4 aromatic carbocycles. The predicted octanol–water partition coefficient (Wildman–Crippen LogP) is -3.37. The second kappa shape index (κ2) is 11.7. The Morgan fingerprint density at radius 2 is 1.42 bits per heavy atom. The smallest absolute Gasteiger partial charge is 1.00 e. The van der Waals surface area contributed by atoms with E-state index in [4.69, 9.17) is 0 Å². The third-order valence-corrected chi connectivity index (χ3v) is 4.16. The molecule has 0 aliphatic heterocycles. The summed E-state index contributed by atoms with van der Waals surface area (Å²) >= 11 is 0. The molecule has 0 fully saturated rings. The number of rotatable bonds is 0. The van der Waals surface area contributed by atoms with E-state index in [-0.39, 0.29) is 63.4 Å². The molecule has 0 aromatic heterocycles. The Labute approximate surface area is 192 Å². The number of benzene rings is 3. The summed E-state index contributed by atoms with van der Waals surface area (Å²) in [6.45, 7) is 0. The summed E-state index contributed by atoms with van der Waals surface area (Å²) < 4.78 is 0. The molecule has 0 saturated carbocycles. The van der Waals surface area contributed by atoms with Crippen molar-refractivity contribution in [2.45, 2.75) is 6.42 Å². The van der Waals surface area contributed by atoms with Gasteiger partial charge in [-0.3, -0.25) is 0 Å². The van der Waals surface area contributed by atoms with E-state index in [2.05, 4.69) is 84.9 Å². The topological polar surface area (TPSA) is 0 Å². The van der Waals surface area contributed by atoms with Crippen molar-refractivity contribution in [3.8, 4) is 11.1 Å². The Kier molecular flexibility index (Phi) is 11.2. The van der Waals surface area contributed by atoms with Crippen molar-refractivity contribution < 1.29 is 63.4 Å². The summed E-state index contributed by atoms with van der Waals surface area (Å²) in [5.74, 6) is 0. The molecule has 1 aliphatic rings. The van der Waals surface area contributed by atoms with Crippen LogP contribution in [-0.4, -0.2) is 0 Å². The van der Waals surface area contributed by atoms with Gasteiger partial charge < -0.3 is 37.2 Å². The van der Waals surface area contributed by atoms with Crippen molar-refractivity contribution >= 4 is 10.8 Å². The Bertz CT molecular complexity index is 857. The summed E-state index contributed by atoms with van der Waals surface area (Å²) in [5, 5.41) is 2.66. The van der Waals surface area contributed by atoms with Gasteiger partial charge in [-0.1, -0.05) is 41.5 Å². The summed E-state index contributed by atoms with van der Waals surface area (Å²) in [6, 6.07) is 32.8. The van der Waals surface area contributed by atoms with Crippen molar-refractivity contribution in [1.82, 2.24) is 0 Å². The zero-order valence-electron chi connectivity index (χ0n) is 13.9. The fourth-order valence-corrected chi connectivity index (χ4v) is 3.07. The van der Waals surface area contributed by atoms with Gasteiger partial charge in [0.05, 0.1) is 0 Å². The van der Waals surface area contributed by atoms with Crippen molar-refractivity contribution in [3.63, 3.8) is 0 Å². The number of fused-ring (bicyclic) bond motifs is 4. The molecule has 5 rings (SSSR count). The number of hydrogen-bond donors (Lipinski definition) is 0. The normalized spacial score (nSPS) is 9.69. The third kappa shape index (κ3) is 5.27. The summed E-state index contributed by atoms with van der Waals surface area (Å²) in [4.78, 5) is 0. The first-order valence-electron chi connectivity index (χ1n) is 7.60. The Morgan fingerprint density at radius 3 is 2.23 bits per heavy atom. The van der Waals surface area contributed by atoms with Gasteiger partial charge in [-0.25, -0.2) is 0 Å². The SMILES string of the molecule is [Cl-].[Cl-].[Cl-].[Zr+3].[c-]1cccc2c1Cc1ccccc1-2.c1ccc2[cH-]ccc2c1. The number of hydrogen-bond acceptors (Lipinski definition) is 0. The molecule has 0 nitrogen and oxygen atoms in total. The molecular weight excluding hydrogens is 462 g/mol. The second-order valence-corrected chi connectivity index (χ2v) is 5.55. The van der Waals surface area contributed by atoms with E-state index in [0.29, 0.717) is 0 Å². The quantitative estimate of drug-likeness (QED) is 0.204. The van der Waals surface area contributed by atoms with E-state index in [0.717, 1.165) is 6.42 Å². The van der Waals surface area contributed by atoms with Gasteiger partial charge in [0, 0.05) is 0 Å². The van der Waals surface area contributed by atoms with E-state index in [9.17, 15) is 0 Å². The Hall–Kier alpha value is -0.977. The molecule has 0 atom stereocenters. The van der Waals surface area contributed by atoms with Crippen LogP contribution < -0.4 is 37.2 Å². The van der Waals surface area contributed by atoms with Crippen LogP contribution in [0.3, 0.4) is 0 Å². The van der Waals surface area contributed by atoms with Crippen LogP contribution in [-0.2, 0) is 32.6 Å². The molecule has 0 amide bonds. The Morgan fingerprint density at radius 1 is 0.731 bits per heavy atom. The van der Waals surface area contributed by atoms with Crippen molar-refractivity contribution in [2.75, 3.05) is 0 Å². The van der Waals surface area contributed by atoms with Crippen molar-refractivity contribution in [2.24, 2.45) is 0 Å². The molecule has 0 saturated heterocycles. The maximum absolute atomic E-state index is 3.30. The van der Waals surface area contributed by atoms with Crippen LogP contribution in [0.1, 0.15) is 11.1 Å². The average Bonchev–Trinajstić information content (AvgIpc) is 3.19. The van der Waals surface area contributed by atoms with Gasteiger partial charge in [0.25, 0.3) is 0 Å². The molecule has 4 heteroatoms. The van der Waals surface area contributed by atoms with Crippen LogP contribution in [0.4, 0.5) is 0 Å². The number of halogens is 3. The van der Waals surface area contributed by atoms with E-state index < -0.39 is 0 Å². The van der Waals surface area contributed by atoms with Gasteiger partial charge in [0.15, 0.2) is 0 Å². The van der Waals surface area contributed by atoms with Gasteiger partial charge in [-0.05, 0) is 6.42 Å². The molecule has 0 bridgehead atoms. The van der Waals surface area contributed by atoms with E-state index in [1.165, 1.54) is 33.0 Å². The zero-order valence-corrected chi connectivity index (χ0v) is 18.6. The maximum Gasteiger partial charge on any atom is 3.00 e. The molecule has 0 N–H and O–H groups in total. The maximum atomic E-state index is 3.30. The molecule has 26 heavy (non-hydrogen) atoms. The summed E-state index contributed by atoms with van der Waals surface area (Å²) in [5.41, 5.74) is 5.51. The van der Waals surface area contributed by atoms with E-state index in [1.807, 2.05) is 6.07 Å². The molecule has 0 heterocycles. The minimum atomic E-state index is 0. The second-order valence-electron chi connectivity index (χ2n) is 5.55. The summed E-state index contributed by atoms with van der Waals surface area (Å²) in [6.07, 6.45) is 1.05. The van der Waals surface area contributed by atoms with Crippen LogP contribution in [0.15, 0.2) is 84.9 Å². The molecule has 4 aromatic rings. The third-order valence-electron chi connectivity index (χ3n) is 4.16. The van der Waals surface area contributed by atoms with Crippen molar-refractivity contribution in [3.05, 3.63) is 102 Å². The van der Waals surface area contributed by atoms with Crippen LogP contribution >= 0.6 is 0 Å². The molecule has 1 aliphatic carbocycles. The fourth-order valence-electron chi connectivity index (χ4n) is 3.07. The first-order chi connectivity index (χ1) is 10.9. The largest absolute Gasteiger partial charge is 3.00 e. The van der Waals surface area contributed by atoms with Crippen LogP contribution in [0.2, 0.25) is 0 Å². The van der Waals surface area contributed by atoms with Crippen LogP contribution in [0.25, 0.3) is 21.9 Å². The first kappa shape index (κ1) is 25.0. The minimum absolute atomic E-state index is 0. The van der Waals surface area contributed by atoms with Gasteiger partial charge in [-0.15, -0.1) is 35.2 Å². The minimum Gasteiger partial charge on any atom is -1.00 e. The van der Waals surface area contributed by atoms with Gasteiger partial charge >= 0.3 is 26.2 Å². The fraction of sp³-hybridized carbons (Fsp3) is 0.0455. The monoisotopic (exact) mass is 475 g/mol. The van der Waals surface area contributed by atoms with E-state index in [1.54, 1.807) is 0 Å². The van der Waals surface area contributed by atoms with Crippen LogP contribution in [0, 0.1) is 6.07 Å². The zero-order chi connectivity index (χ0) is 14.8. The molecule has 0 spiro atoms. The average molecular weight is 478 g/mol. The Balaban J connectivity index is 0.000000436. The first-order valence-corrected chi connectivity index (χ1v) is 7.60. The molecule has 1 radical (unpaired) electrons. The molecule has 131 valence electrons. The standard InChI is InChI=1S/C13H9.C9H7.3ClH.Zr/c1-3-7-12-10(5-1)9-11-6-2-4-8-13(11)12;1-2-5-9-7-3-6-8(9)4-1;;;;/h1-5,7-8H,9H2;1-7H;3*1H;/q2*-1;;;;+3/p-3. The molecule has 0 unspecified atom stereocenters. The van der Waals surface area contributed by atoms with Gasteiger partial charge in [0.1, 0.15) is 0 Å². The summed E-state index contributed by atoms with van der Waals surface area (Å²) in [7, 11) is 0. The van der Waals surface area contributed by atoms with E-state index >= 15 is 0 Å². The molecular formula is C22H16Cl3Zr-2. The van der Waals surface area contributed by atoms with Gasteiger partial charge in [-0.2, -0.15) is 47.3 Å². The predicted molar refractivity (Wildman–Crippen MR) is 93.1 cm³/mol.